The molecule has 1 N–H and O–H groups in total. The van der Waals surface area contributed by atoms with Crippen LogP contribution in [0.25, 0.3) is 0 Å². The first-order chi connectivity index (χ1) is 6.98. The monoisotopic (exact) mass is 216 g/mol. The van der Waals surface area contributed by atoms with Gasteiger partial charge < -0.3 is 5.11 Å². The van der Waals surface area contributed by atoms with Gasteiger partial charge in [0.25, 0.3) is 0 Å². The van der Waals surface area contributed by atoms with Crippen molar-refractivity contribution in [3.8, 4) is 0 Å². The van der Waals surface area contributed by atoms with Gasteiger partial charge >= 0.3 is 6.18 Å². The Kier molecular flexibility index (Phi) is 2.46. The van der Waals surface area contributed by atoms with Crippen LogP contribution in [0.5, 0.6) is 0 Å². The molecule has 4 heteroatoms. The normalized spacial score (nSPS) is 17.6. The predicted octanol–water partition coefficient (Wildman–Crippen LogP) is 2.77. The van der Waals surface area contributed by atoms with Gasteiger partial charge in [0.1, 0.15) is 0 Å². The highest BCUT2D eigenvalue weighted by Gasteiger charge is 2.39. The number of benzene rings is 1. The molecule has 1 atom stereocenters. The number of halogens is 3. The van der Waals surface area contributed by atoms with E-state index >= 15 is 0 Å². The summed E-state index contributed by atoms with van der Waals surface area (Å²) in [6, 6.07) is 4.52. The Bertz CT molecular complexity index is 371. The molecule has 1 aliphatic carbocycles. The molecule has 0 radical (unpaired) electrons. The summed E-state index contributed by atoms with van der Waals surface area (Å²) in [5.74, 6) is 0. The maximum Gasteiger partial charge on any atom is 0.418 e. The highest BCUT2D eigenvalue weighted by Crippen LogP contribution is 2.34. The van der Waals surface area contributed by atoms with Crippen molar-refractivity contribution in [1.82, 2.24) is 0 Å². The second kappa shape index (κ2) is 3.52. The molecule has 1 aromatic rings. The predicted molar refractivity (Wildman–Crippen MR) is 49.5 cm³/mol. The maximum absolute atomic E-state index is 12.2. The summed E-state index contributed by atoms with van der Waals surface area (Å²) in [4.78, 5) is 0. The van der Waals surface area contributed by atoms with Gasteiger partial charge in [0.15, 0.2) is 6.10 Å². The van der Waals surface area contributed by atoms with Gasteiger partial charge in [-0.1, -0.05) is 18.2 Å². The number of aryl methyl sites for hydroxylation is 2. The molecule has 1 unspecified atom stereocenters. The molecule has 0 saturated carbocycles. The standard InChI is InChI=1S/C11H11F3O/c12-11(13,14)10(15)9-5-4-7-2-1-3-8(7)6-9/h4-6,10,15H,1-3H2. The Morgan fingerprint density at radius 3 is 2.47 bits per heavy atom. The molecule has 0 bridgehead atoms. The molecule has 1 nitrogen and oxygen atoms in total. The van der Waals surface area contributed by atoms with Crippen LogP contribution in [-0.4, -0.2) is 11.3 Å². The lowest BCUT2D eigenvalue weighted by atomic mass is 10.0. The summed E-state index contributed by atoms with van der Waals surface area (Å²) < 4.78 is 36.7. The minimum absolute atomic E-state index is 0.0526. The van der Waals surface area contributed by atoms with E-state index in [0.29, 0.717) is 0 Å². The Morgan fingerprint density at radius 2 is 1.80 bits per heavy atom. The highest BCUT2D eigenvalue weighted by atomic mass is 19.4. The van der Waals surface area contributed by atoms with Crippen LogP contribution in [0.1, 0.15) is 29.2 Å². The molecule has 0 heterocycles. The van der Waals surface area contributed by atoms with E-state index in [0.717, 1.165) is 30.4 Å². The van der Waals surface area contributed by atoms with Gasteiger partial charge in [-0.25, -0.2) is 0 Å². The highest BCUT2D eigenvalue weighted by molar-refractivity contribution is 5.36. The van der Waals surface area contributed by atoms with Crippen molar-refractivity contribution < 1.29 is 18.3 Å². The number of hydrogen-bond donors (Lipinski definition) is 1. The molecule has 0 spiro atoms. The maximum atomic E-state index is 12.2. The third kappa shape index (κ3) is 2.00. The van der Waals surface area contributed by atoms with Gasteiger partial charge in [0.2, 0.25) is 0 Å². The van der Waals surface area contributed by atoms with Crippen LogP contribution in [0.3, 0.4) is 0 Å². The van der Waals surface area contributed by atoms with Gasteiger partial charge in [0.05, 0.1) is 0 Å². The number of aliphatic hydroxyl groups excluding tert-OH is 1. The van der Waals surface area contributed by atoms with Crippen molar-refractivity contribution in [3.05, 3.63) is 34.9 Å². The fourth-order valence-electron chi connectivity index (χ4n) is 1.95. The molecule has 1 aromatic carbocycles. The van der Waals surface area contributed by atoms with Crippen LogP contribution >= 0.6 is 0 Å². The second-order valence-electron chi connectivity index (χ2n) is 3.83. The van der Waals surface area contributed by atoms with Crippen LogP contribution in [0.15, 0.2) is 18.2 Å². The molecular formula is C11H11F3O. The average Bonchev–Trinajstić information content (AvgIpc) is 2.61. The zero-order valence-corrected chi connectivity index (χ0v) is 8.01. The molecule has 0 fully saturated rings. The van der Waals surface area contributed by atoms with E-state index in [1.807, 2.05) is 0 Å². The van der Waals surface area contributed by atoms with Crippen molar-refractivity contribution in [2.24, 2.45) is 0 Å². The first-order valence-electron chi connectivity index (χ1n) is 4.85. The lowest BCUT2D eigenvalue weighted by Gasteiger charge is -2.15. The van der Waals surface area contributed by atoms with E-state index in [4.69, 9.17) is 5.11 Å². The number of fused-ring (bicyclic) bond motifs is 1. The molecular weight excluding hydrogens is 205 g/mol. The minimum Gasteiger partial charge on any atom is -0.379 e. The number of rotatable bonds is 1. The summed E-state index contributed by atoms with van der Waals surface area (Å²) in [6.07, 6.45) is -4.21. The smallest absolute Gasteiger partial charge is 0.379 e. The average molecular weight is 216 g/mol. The van der Waals surface area contributed by atoms with Gasteiger partial charge in [-0.05, 0) is 36.0 Å². The van der Waals surface area contributed by atoms with Crippen LogP contribution < -0.4 is 0 Å². The second-order valence-corrected chi connectivity index (χ2v) is 3.83. The fraction of sp³-hybridized carbons (Fsp3) is 0.455. The van der Waals surface area contributed by atoms with Crippen molar-refractivity contribution in [3.63, 3.8) is 0 Å². The van der Waals surface area contributed by atoms with E-state index < -0.39 is 12.3 Å². The molecule has 0 aliphatic heterocycles. The molecule has 82 valence electrons. The Hall–Kier alpha value is -1.03. The van der Waals surface area contributed by atoms with Gasteiger partial charge in [-0.2, -0.15) is 13.2 Å². The van der Waals surface area contributed by atoms with Crippen molar-refractivity contribution >= 4 is 0 Å². The van der Waals surface area contributed by atoms with E-state index in [1.165, 1.54) is 12.1 Å². The third-order valence-corrected chi connectivity index (χ3v) is 2.75. The van der Waals surface area contributed by atoms with Gasteiger partial charge in [-0.3, -0.25) is 0 Å². The minimum atomic E-state index is -4.58. The van der Waals surface area contributed by atoms with Crippen molar-refractivity contribution in [1.29, 1.82) is 0 Å². The molecule has 1 aliphatic rings. The topological polar surface area (TPSA) is 20.2 Å². The lowest BCUT2D eigenvalue weighted by Crippen LogP contribution is -2.20. The van der Waals surface area contributed by atoms with E-state index in [1.54, 1.807) is 6.07 Å². The first kappa shape index (κ1) is 10.5. The SMILES string of the molecule is OC(c1ccc2c(c1)CCC2)C(F)(F)F. The van der Waals surface area contributed by atoms with E-state index in [-0.39, 0.29) is 5.56 Å². The quantitative estimate of drug-likeness (QED) is 0.765. The Labute approximate surface area is 85.5 Å². The van der Waals surface area contributed by atoms with Crippen LogP contribution in [-0.2, 0) is 12.8 Å². The van der Waals surface area contributed by atoms with Crippen LogP contribution in [0, 0.1) is 0 Å². The van der Waals surface area contributed by atoms with Gasteiger partial charge in [0, 0.05) is 0 Å². The summed E-state index contributed by atoms with van der Waals surface area (Å²) >= 11 is 0. The van der Waals surface area contributed by atoms with Crippen LogP contribution in [0.4, 0.5) is 13.2 Å². The third-order valence-electron chi connectivity index (χ3n) is 2.75. The molecule has 0 aromatic heterocycles. The largest absolute Gasteiger partial charge is 0.418 e. The molecule has 0 saturated heterocycles. The van der Waals surface area contributed by atoms with Crippen LogP contribution in [0.2, 0.25) is 0 Å². The van der Waals surface area contributed by atoms with Crippen molar-refractivity contribution in [2.45, 2.75) is 31.5 Å². The number of alkyl halides is 3. The number of aliphatic hydroxyl groups is 1. The lowest BCUT2D eigenvalue weighted by molar-refractivity contribution is -0.206. The summed E-state index contributed by atoms with van der Waals surface area (Å²) in [7, 11) is 0. The summed E-state index contributed by atoms with van der Waals surface area (Å²) in [6.45, 7) is 0. The van der Waals surface area contributed by atoms with E-state index in [2.05, 4.69) is 0 Å². The molecule has 15 heavy (non-hydrogen) atoms. The summed E-state index contributed by atoms with van der Waals surface area (Å²) in [5, 5.41) is 9.06. The fourth-order valence-corrected chi connectivity index (χ4v) is 1.95. The van der Waals surface area contributed by atoms with Crippen molar-refractivity contribution in [2.75, 3.05) is 0 Å². The first-order valence-corrected chi connectivity index (χ1v) is 4.85. The zero-order chi connectivity index (χ0) is 11.1. The molecule has 0 amide bonds. The Morgan fingerprint density at radius 1 is 1.13 bits per heavy atom. The summed E-state index contributed by atoms with van der Waals surface area (Å²) in [5.41, 5.74) is 1.99. The van der Waals surface area contributed by atoms with E-state index in [9.17, 15) is 13.2 Å². The molecule has 2 rings (SSSR count). The van der Waals surface area contributed by atoms with Gasteiger partial charge in [-0.15, -0.1) is 0 Å². The number of hydrogen-bond acceptors (Lipinski definition) is 1. The Balaban J connectivity index is 2.31. The zero-order valence-electron chi connectivity index (χ0n) is 8.01.